The number of hydrogen-bond donors (Lipinski definition) is 3. The molecule has 7 heteroatoms. The predicted molar refractivity (Wildman–Crippen MR) is 94.6 cm³/mol. The number of benzene rings is 1. The maximum atomic E-state index is 13.3. The SMILES string of the molecule is C=N/C=C\C(=C/C)c1cc(C(=O)NC(CO)c2cccc(F)c2)n[nH]1. The van der Waals surface area contributed by atoms with Crippen molar-refractivity contribution >= 4 is 18.2 Å². The molecule has 0 bridgehead atoms. The van der Waals surface area contributed by atoms with E-state index < -0.39 is 17.8 Å². The molecule has 1 atom stereocenters. The van der Waals surface area contributed by atoms with Crippen LogP contribution in [0.4, 0.5) is 4.39 Å². The fourth-order valence-corrected chi connectivity index (χ4v) is 2.25. The first-order valence-corrected chi connectivity index (χ1v) is 7.60. The Morgan fingerprint density at radius 1 is 1.52 bits per heavy atom. The molecule has 0 radical (unpaired) electrons. The minimum absolute atomic E-state index is 0.157. The van der Waals surface area contributed by atoms with Crippen molar-refractivity contribution in [3.8, 4) is 0 Å². The second-order valence-electron chi connectivity index (χ2n) is 5.17. The van der Waals surface area contributed by atoms with Gasteiger partial charge < -0.3 is 10.4 Å². The number of carbonyl (C=O) groups is 1. The van der Waals surface area contributed by atoms with E-state index in [-0.39, 0.29) is 12.3 Å². The third-order valence-corrected chi connectivity index (χ3v) is 3.53. The number of aromatic nitrogens is 2. The van der Waals surface area contributed by atoms with Crippen LogP contribution in [0.1, 0.15) is 34.7 Å². The van der Waals surface area contributed by atoms with Gasteiger partial charge in [0.15, 0.2) is 5.69 Å². The molecular formula is C18H19FN4O2. The Morgan fingerprint density at radius 3 is 2.96 bits per heavy atom. The number of nitrogens with one attached hydrogen (secondary N) is 2. The second kappa shape index (κ2) is 8.70. The van der Waals surface area contributed by atoms with Gasteiger partial charge in [0.1, 0.15) is 5.82 Å². The van der Waals surface area contributed by atoms with Crippen LogP contribution in [0.25, 0.3) is 5.57 Å². The highest BCUT2D eigenvalue weighted by Crippen LogP contribution is 2.17. The molecule has 0 fully saturated rings. The lowest BCUT2D eigenvalue weighted by Gasteiger charge is -2.16. The molecule has 1 amide bonds. The van der Waals surface area contributed by atoms with E-state index in [1.807, 2.05) is 13.0 Å². The lowest BCUT2D eigenvalue weighted by molar-refractivity contribution is 0.0911. The Balaban J connectivity index is 2.15. The summed E-state index contributed by atoms with van der Waals surface area (Å²) in [5, 5.41) is 18.9. The predicted octanol–water partition coefficient (Wildman–Crippen LogP) is 2.63. The fraction of sp³-hybridized carbons (Fsp3) is 0.167. The molecular weight excluding hydrogens is 323 g/mol. The second-order valence-corrected chi connectivity index (χ2v) is 5.17. The number of carbonyl (C=O) groups excluding carboxylic acids is 1. The monoisotopic (exact) mass is 342 g/mol. The van der Waals surface area contributed by atoms with Gasteiger partial charge in [-0.25, -0.2) is 4.39 Å². The summed E-state index contributed by atoms with van der Waals surface area (Å²) >= 11 is 0. The largest absolute Gasteiger partial charge is 0.394 e. The molecule has 1 aromatic heterocycles. The van der Waals surface area contributed by atoms with E-state index in [2.05, 4.69) is 27.2 Å². The van der Waals surface area contributed by atoms with E-state index in [0.717, 1.165) is 5.57 Å². The first-order chi connectivity index (χ1) is 12.1. The van der Waals surface area contributed by atoms with Gasteiger partial charge in [-0.3, -0.25) is 14.9 Å². The van der Waals surface area contributed by atoms with Crippen LogP contribution in [-0.4, -0.2) is 34.5 Å². The molecule has 6 nitrogen and oxygen atoms in total. The molecule has 0 saturated heterocycles. The van der Waals surface area contributed by atoms with Crippen LogP contribution in [0.2, 0.25) is 0 Å². The van der Waals surface area contributed by atoms with E-state index >= 15 is 0 Å². The Labute approximate surface area is 144 Å². The average Bonchev–Trinajstić information content (AvgIpc) is 3.10. The molecule has 1 unspecified atom stereocenters. The van der Waals surface area contributed by atoms with E-state index in [0.29, 0.717) is 11.3 Å². The number of rotatable bonds is 7. The maximum absolute atomic E-state index is 13.3. The van der Waals surface area contributed by atoms with Crippen molar-refractivity contribution in [3.05, 3.63) is 71.5 Å². The number of nitrogens with zero attached hydrogens (tertiary/aromatic N) is 2. The molecule has 2 rings (SSSR count). The third-order valence-electron chi connectivity index (χ3n) is 3.53. The molecule has 0 spiro atoms. The van der Waals surface area contributed by atoms with Crippen LogP contribution in [0, 0.1) is 5.82 Å². The Bertz CT molecular complexity index is 811. The summed E-state index contributed by atoms with van der Waals surface area (Å²) in [7, 11) is 0. The topological polar surface area (TPSA) is 90.4 Å². The van der Waals surface area contributed by atoms with Gasteiger partial charge in [0, 0.05) is 6.20 Å². The normalized spacial score (nSPS) is 13.0. The van der Waals surface area contributed by atoms with Crippen LogP contribution in [-0.2, 0) is 0 Å². The molecule has 0 aliphatic heterocycles. The number of aromatic amines is 1. The van der Waals surface area contributed by atoms with E-state index in [1.54, 1.807) is 18.2 Å². The molecule has 0 saturated carbocycles. The van der Waals surface area contributed by atoms with Crippen molar-refractivity contribution in [3.63, 3.8) is 0 Å². The van der Waals surface area contributed by atoms with Gasteiger partial charge in [0.05, 0.1) is 18.3 Å². The van der Waals surface area contributed by atoms with Crippen molar-refractivity contribution in [2.45, 2.75) is 13.0 Å². The van der Waals surface area contributed by atoms with E-state index in [9.17, 15) is 14.3 Å². The highest BCUT2D eigenvalue weighted by Gasteiger charge is 2.18. The van der Waals surface area contributed by atoms with E-state index in [4.69, 9.17) is 0 Å². The lowest BCUT2D eigenvalue weighted by atomic mass is 10.1. The number of allylic oxidation sites excluding steroid dienone is 3. The van der Waals surface area contributed by atoms with Gasteiger partial charge in [0.25, 0.3) is 5.91 Å². The molecule has 0 aliphatic rings. The van der Waals surface area contributed by atoms with Crippen LogP contribution in [0.5, 0.6) is 0 Å². The van der Waals surface area contributed by atoms with Crippen molar-refractivity contribution in [1.29, 1.82) is 0 Å². The zero-order valence-corrected chi connectivity index (χ0v) is 13.7. The maximum Gasteiger partial charge on any atom is 0.272 e. The molecule has 1 heterocycles. The molecule has 2 aromatic rings. The minimum Gasteiger partial charge on any atom is -0.394 e. The van der Waals surface area contributed by atoms with Crippen LogP contribution >= 0.6 is 0 Å². The number of hydrogen-bond acceptors (Lipinski definition) is 4. The van der Waals surface area contributed by atoms with Gasteiger partial charge in [-0.05, 0) is 49.1 Å². The Hall–Kier alpha value is -3.06. The van der Waals surface area contributed by atoms with Crippen molar-refractivity contribution < 1.29 is 14.3 Å². The zero-order chi connectivity index (χ0) is 18.2. The van der Waals surface area contributed by atoms with E-state index in [1.165, 1.54) is 24.4 Å². The summed E-state index contributed by atoms with van der Waals surface area (Å²) in [6, 6.07) is 6.56. The van der Waals surface area contributed by atoms with Gasteiger partial charge in [-0.2, -0.15) is 5.10 Å². The molecule has 3 N–H and O–H groups in total. The number of amides is 1. The van der Waals surface area contributed by atoms with Gasteiger partial charge >= 0.3 is 0 Å². The van der Waals surface area contributed by atoms with Gasteiger partial charge in [-0.15, -0.1) is 0 Å². The number of halogens is 1. The molecule has 25 heavy (non-hydrogen) atoms. The van der Waals surface area contributed by atoms with Crippen LogP contribution < -0.4 is 5.32 Å². The smallest absolute Gasteiger partial charge is 0.272 e. The van der Waals surface area contributed by atoms with Gasteiger partial charge in [-0.1, -0.05) is 18.2 Å². The highest BCUT2D eigenvalue weighted by molar-refractivity contribution is 5.93. The summed E-state index contributed by atoms with van der Waals surface area (Å²) in [5.41, 5.74) is 2.06. The number of aliphatic imine (C=N–C) groups is 1. The fourth-order valence-electron chi connectivity index (χ4n) is 2.25. The van der Waals surface area contributed by atoms with Crippen molar-refractivity contribution in [1.82, 2.24) is 15.5 Å². The summed E-state index contributed by atoms with van der Waals surface area (Å²) in [5.74, 6) is -0.917. The quantitative estimate of drug-likeness (QED) is 0.534. The number of aliphatic hydroxyl groups is 1. The molecule has 130 valence electrons. The standard InChI is InChI=1S/C18H19FN4O2/c1-3-12(7-8-20-2)15-10-16(23-22-15)18(25)21-17(11-24)13-5-4-6-14(19)9-13/h3-10,17,24H,2,11H2,1H3,(H,21,25)(H,22,23)/b8-7-,12-3+. The zero-order valence-electron chi connectivity index (χ0n) is 13.7. The summed E-state index contributed by atoms with van der Waals surface area (Å²) in [6.45, 7) is 4.85. The Morgan fingerprint density at radius 2 is 2.32 bits per heavy atom. The molecule has 1 aromatic carbocycles. The van der Waals surface area contributed by atoms with Crippen LogP contribution in [0.15, 0.2) is 53.7 Å². The summed E-state index contributed by atoms with van der Waals surface area (Å²) in [4.78, 5) is 16.0. The average molecular weight is 342 g/mol. The summed E-state index contributed by atoms with van der Waals surface area (Å²) < 4.78 is 13.3. The van der Waals surface area contributed by atoms with Crippen molar-refractivity contribution in [2.24, 2.45) is 4.99 Å². The number of aliphatic hydroxyl groups excluding tert-OH is 1. The number of H-pyrrole nitrogens is 1. The molecule has 0 aliphatic carbocycles. The van der Waals surface area contributed by atoms with Gasteiger partial charge in [0.2, 0.25) is 0 Å². The first-order valence-electron chi connectivity index (χ1n) is 7.60. The minimum atomic E-state index is -0.727. The third kappa shape index (κ3) is 4.71. The van der Waals surface area contributed by atoms with Crippen molar-refractivity contribution in [2.75, 3.05) is 6.61 Å². The Kier molecular flexibility index (Phi) is 6.36. The van der Waals surface area contributed by atoms with Crippen LogP contribution in [0.3, 0.4) is 0 Å². The first kappa shape index (κ1) is 18.3. The summed E-state index contributed by atoms with van der Waals surface area (Å²) in [6.07, 6.45) is 5.09. The lowest BCUT2D eigenvalue weighted by Crippen LogP contribution is -2.31. The highest BCUT2D eigenvalue weighted by atomic mass is 19.1.